The monoisotopic (exact) mass is 316 g/mol. The Hall–Kier alpha value is -1.55. The van der Waals surface area contributed by atoms with Crippen LogP contribution in [0.25, 0.3) is 0 Å². The van der Waals surface area contributed by atoms with Crippen molar-refractivity contribution in [2.24, 2.45) is 5.92 Å². The highest BCUT2D eigenvalue weighted by molar-refractivity contribution is 5.79. The van der Waals surface area contributed by atoms with Crippen LogP contribution in [0.1, 0.15) is 37.7 Å². The van der Waals surface area contributed by atoms with Crippen molar-refractivity contribution >= 4 is 5.91 Å². The van der Waals surface area contributed by atoms with E-state index in [0.717, 1.165) is 51.3 Å². The summed E-state index contributed by atoms with van der Waals surface area (Å²) >= 11 is 0. The van der Waals surface area contributed by atoms with Gasteiger partial charge in [-0.05, 0) is 56.3 Å². The molecule has 0 unspecified atom stereocenters. The van der Waals surface area contributed by atoms with Crippen molar-refractivity contribution in [3.8, 4) is 5.75 Å². The van der Waals surface area contributed by atoms with Gasteiger partial charge in [0, 0.05) is 26.2 Å². The van der Waals surface area contributed by atoms with Crippen LogP contribution in [0, 0.1) is 5.92 Å². The second-order valence-corrected chi connectivity index (χ2v) is 6.81. The Morgan fingerprint density at radius 2 is 1.83 bits per heavy atom. The number of amides is 1. The van der Waals surface area contributed by atoms with E-state index in [4.69, 9.17) is 4.74 Å². The third-order valence-electron chi connectivity index (χ3n) is 5.09. The first-order chi connectivity index (χ1) is 11.3. The molecule has 1 atom stereocenters. The van der Waals surface area contributed by atoms with Gasteiger partial charge in [0.1, 0.15) is 5.75 Å². The van der Waals surface area contributed by atoms with Gasteiger partial charge in [-0.3, -0.25) is 9.69 Å². The molecule has 0 aliphatic carbocycles. The average Bonchev–Trinajstić information content (AvgIpc) is 2.63. The molecule has 1 aromatic rings. The van der Waals surface area contributed by atoms with Crippen LogP contribution in [0.2, 0.25) is 0 Å². The number of nitrogens with zero attached hydrogens (tertiary/aromatic N) is 2. The molecule has 0 bridgehead atoms. The van der Waals surface area contributed by atoms with Crippen molar-refractivity contribution in [1.29, 1.82) is 0 Å². The molecule has 1 amide bonds. The molecule has 0 aromatic heterocycles. The molecule has 4 heteroatoms. The SMILES string of the molecule is COc1ccc(CN2CCC[C@@H](C(=O)N3CCCCC3)C2)cc1. The molecule has 2 aliphatic heterocycles. The smallest absolute Gasteiger partial charge is 0.226 e. The summed E-state index contributed by atoms with van der Waals surface area (Å²) in [6, 6.07) is 8.26. The molecule has 23 heavy (non-hydrogen) atoms. The van der Waals surface area contributed by atoms with E-state index in [-0.39, 0.29) is 5.92 Å². The third kappa shape index (κ3) is 4.25. The van der Waals surface area contributed by atoms with Crippen molar-refractivity contribution in [1.82, 2.24) is 9.80 Å². The van der Waals surface area contributed by atoms with E-state index in [2.05, 4.69) is 21.9 Å². The lowest BCUT2D eigenvalue weighted by molar-refractivity contribution is -0.138. The quantitative estimate of drug-likeness (QED) is 0.856. The lowest BCUT2D eigenvalue weighted by atomic mass is 9.95. The van der Waals surface area contributed by atoms with Gasteiger partial charge in [-0.25, -0.2) is 0 Å². The predicted molar refractivity (Wildman–Crippen MR) is 91.4 cm³/mol. The largest absolute Gasteiger partial charge is 0.497 e. The maximum atomic E-state index is 12.7. The molecule has 0 spiro atoms. The average molecular weight is 316 g/mol. The first kappa shape index (κ1) is 16.3. The lowest BCUT2D eigenvalue weighted by Crippen LogP contribution is -2.46. The molecule has 2 saturated heterocycles. The van der Waals surface area contributed by atoms with E-state index in [0.29, 0.717) is 5.91 Å². The van der Waals surface area contributed by atoms with Crippen LogP contribution in [-0.4, -0.2) is 49.0 Å². The summed E-state index contributed by atoms with van der Waals surface area (Å²) in [6.07, 6.45) is 5.80. The molecule has 126 valence electrons. The van der Waals surface area contributed by atoms with Crippen LogP contribution in [0.4, 0.5) is 0 Å². The van der Waals surface area contributed by atoms with E-state index >= 15 is 0 Å². The van der Waals surface area contributed by atoms with E-state index < -0.39 is 0 Å². The molecule has 0 saturated carbocycles. The molecule has 2 fully saturated rings. The minimum Gasteiger partial charge on any atom is -0.497 e. The Balaban J connectivity index is 1.55. The van der Waals surface area contributed by atoms with Gasteiger partial charge in [0.2, 0.25) is 5.91 Å². The van der Waals surface area contributed by atoms with Crippen LogP contribution >= 0.6 is 0 Å². The van der Waals surface area contributed by atoms with Crippen LogP contribution in [0.5, 0.6) is 5.75 Å². The molecule has 1 aromatic carbocycles. The summed E-state index contributed by atoms with van der Waals surface area (Å²) < 4.78 is 5.21. The first-order valence-electron chi connectivity index (χ1n) is 8.90. The minimum atomic E-state index is 0.195. The van der Waals surface area contributed by atoms with E-state index in [1.54, 1.807) is 7.11 Å². The van der Waals surface area contributed by atoms with Gasteiger partial charge in [-0.1, -0.05) is 12.1 Å². The highest BCUT2D eigenvalue weighted by Gasteiger charge is 2.29. The van der Waals surface area contributed by atoms with Crippen LogP contribution < -0.4 is 4.74 Å². The fourth-order valence-electron chi connectivity index (χ4n) is 3.76. The number of hydrogen-bond acceptors (Lipinski definition) is 3. The van der Waals surface area contributed by atoms with Gasteiger partial charge in [0.05, 0.1) is 13.0 Å². The summed E-state index contributed by atoms with van der Waals surface area (Å²) in [5.41, 5.74) is 1.29. The van der Waals surface area contributed by atoms with Crippen molar-refractivity contribution in [2.45, 2.75) is 38.6 Å². The van der Waals surface area contributed by atoms with E-state index in [1.807, 2.05) is 12.1 Å². The van der Waals surface area contributed by atoms with Crippen molar-refractivity contribution in [3.63, 3.8) is 0 Å². The lowest BCUT2D eigenvalue weighted by Gasteiger charge is -2.36. The van der Waals surface area contributed by atoms with E-state index in [1.165, 1.54) is 24.8 Å². The van der Waals surface area contributed by atoms with Gasteiger partial charge in [0.25, 0.3) is 0 Å². The zero-order chi connectivity index (χ0) is 16.1. The van der Waals surface area contributed by atoms with Gasteiger partial charge in [0.15, 0.2) is 0 Å². The van der Waals surface area contributed by atoms with Gasteiger partial charge >= 0.3 is 0 Å². The number of carbonyl (C=O) groups excluding carboxylic acids is 1. The van der Waals surface area contributed by atoms with Gasteiger partial charge in [-0.2, -0.15) is 0 Å². The fourth-order valence-corrected chi connectivity index (χ4v) is 3.76. The minimum absolute atomic E-state index is 0.195. The molecule has 0 N–H and O–H groups in total. The number of piperidine rings is 2. The Morgan fingerprint density at radius 1 is 1.09 bits per heavy atom. The number of ether oxygens (including phenoxy) is 1. The first-order valence-corrected chi connectivity index (χ1v) is 8.90. The zero-order valence-corrected chi connectivity index (χ0v) is 14.2. The van der Waals surface area contributed by atoms with Crippen molar-refractivity contribution in [2.75, 3.05) is 33.3 Å². The predicted octanol–water partition coefficient (Wildman–Crippen LogP) is 2.92. The summed E-state index contributed by atoms with van der Waals surface area (Å²) in [4.78, 5) is 17.2. The van der Waals surface area contributed by atoms with Crippen LogP contribution in [-0.2, 0) is 11.3 Å². The standard InChI is InChI=1S/C19H28N2O2/c1-23-18-9-7-16(8-10-18)14-20-11-5-6-17(15-20)19(22)21-12-3-2-4-13-21/h7-10,17H,2-6,11-15H2,1H3/t17-/m1/s1. The summed E-state index contributed by atoms with van der Waals surface area (Å²) in [7, 11) is 1.69. The normalized spacial score (nSPS) is 22.8. The Morgan fingerprint density at radius 3 is 2.52 bits per heavy atom. The number of rotatable bonds is 4. The summed E-state index contributed by atoms with van der Waals surface area (Å²) in [5.74, 6) is 1.48. The zero-order valence-electron chi connectivity index (χ0n) is 14.2. The number of carbonyl (C=O) groups is 1. The number of hydrogen-bond donors (Lipinski definition) is 0. The maximum Gasteiger partial charge on any atom is 0.226 e. The summed E-state index contributed by atoms with van der Waals surface area (Å²) in [6.45, 7) is 4.85. The number of likely N-dealkylation sites (tertiary alicyclic amines) is 2. The Labute approximate surface area is 139 Å². The fraction of sp³-hybridized carbons (Fsp3) is 0.632. The number of methoxy groups -OCH3 is 1. The molecule has 2 aliphatic rings. The highest BCUT2D eigenvalue weighted by Crippen LogP contribution is 2.23. The topological polar surface area (TPSA) is 32.8 Å². The van der Waals surface area contributed by atoms with Crippen LogP contribution in [0.15, 0.2) is 24.3 Å². The van der Waals surface area contributed by atoms with Gasteiger partial charge in [-0.15, -0.1) is 0 Å². The maximum absolute atomic E-state index is 12.7. The van der Waals surface area contributed by atoms with Gasteiger partial charge < -0.3 is 9.64 Å². The van der Waals surface area contributed by atoms with Crippen LogP contribution in [0.3, 0.4) is 0 Å². The number of benzene rings is 1. The molecular formula is C19H28N2O2. The van der Waals surface area contributed by atoms with Crippen molar-refractivity contribution < 1.29 is 9.53 Å². The molecule has 2 heterocycles. The second-order valence-electron chi connectivity index (χ2n) is 6.81. The third-order valence-corrected chi connectivity index (χ3v) is 5.09. The summed E-state index contributed by atoms with van der Waals surface area (Å²) in [5, 5.41) is 0. The second kappa shape index (κ2) is 7.82. The molecule has 3 rings (SSSR count). The molecule has 4 nitrogen and oxygen atoms in total. The molecular weight excluding hydrogens is 288 g/mol. The highest BCUT2D eigenvalue weighted by atomic mass is 16.5. The Bertz CT molecular complexity index is 509. The van der Waals surface area contributed by atoms with Crippen molar-refractivity contribution in [3.05, 3.63) is 29.8 Å². The molecule has 0 radical (unpaired) electrons. The Kier molecular flexibility index (Phi) is 5.55. The van der Waals surface area contributed by atoms with E-state index in [9.17, 15) is 4.79 Å².